The van der Waals surface area contributed by atoms with E-state index >= 15 is 0 Å². The van der Waals surface area contributed by atoms with Crippen molar-refractivity contribution in [2.75, 3.05) is 10.6 Å². The highest BCUT2D eigenvalue weighted by Gasteiger charge is 2.29. The second-order valence-corrected chi connectivity index (χ2v) is 8.14. The second-order valence-electron chi connectivity index (χ2n) is 7.11. The van der Waals surface area contributed by atoms with E-state index in [2.05, 4.69) is 25.6 Å². The number of hydrogen-bond acceptors (Lipinski definition) is 7. The van der Waals surface area contributed by atoms with Gasteiger partial charge in [0.05, 0.1) is 16.3 Å². The molecule has 3 N–H and O–H groups in total. The highest BCUT2D eigenvalue weighted by Crippen LogP contribution is 2.31. The Balaban J connectivity index is 1.60. The first-order valence-corrected chi connectivity index (χ1v) is 10.0. The molecule has 3 aromatic rings. The number of fused-ring (bicyclic) bond motifs is 1. The molecule has 0 radical (unpaired) electrons. The van der Waals surface area contributed by atoms with Gasteiger partial charge >= 0.3 is 0 Å². The molecule has 0 unspecified atom stereocenters. The number of rotatable bonds is 5. The molecule has 0 bridgehead atoms. The lowest BCUT2D eigenvalue weighted by Crippen LogP contribution is -2.29. The Morgan fingerprint density at radius 2 is 1.86 bits per heavy atom. The van der Waals surface area contributed by atoms with Gasteiger partial charge in [-0.1, -0.05) is 23.5 Å². The minimum atomic E-state index is -3.09. The Morgan fingerprint density at radius 3 is 2.57 bits per heavy atom. The lowest BCUT2D eigenvalue weighted by atomic mass is 9.93. The number of halogens is 2. The lowest BCUT2D eigenvalue weighted by molar-refractivity contribution is 0.0128. The fraction of sp³-hybridized carbons (Fsp3) is 0.421. The van der Waals surface area contributed by atoms with E-state index in [0.717, 1.165) is 30.0 Å². The number of hydrogen-bond donors (Lipinski definition) is 3. The average molecular weight is 405 g/mol. The van der Waals surface area contributed by atoms with Crippen LogP contribution in [0, 0.1) is 0 Å². The molecule has 1 aliphatic carbocycles. The highest BCUT2D eigenvalue weighted by atomic mass is 32.1. The van der Waals surface area contributed by atoms with Crippen molar-refractivity contribution in [2.24, 2.45) is 0 Å². The van der Waals surface area contributed by atoms with E-state index in [-0.39, 0.29) is 29.6 Å². The van der Waals surface area contributed by atoms with Gasteiger partial charge in [0, 0.05) is 19.0 Å². The van der Waals surface area contributed by atoms with Crippen LogP contribution in [-0.4, -0.2) is 32.2 Å². The lowest BCUT2D eigenvalue weighted by Gasteiger charge is -2.26. The zero-order valence-corrected chi connectivity index (χ0v) is 16.1. The number of thiazole rings is 1. The van der Waals surface area contributed by atoms with Gasteiger partial charge < -0.3 is 15.7 Å². The van der Waals surface area contributed by atoms with Gasteiger partial charge in [0.1, 0.15) is 11.5 Å². The molecule has 0 spiro atoms. The molecule has 0 amide bonds. The molecule has 148 valence electrons. The number of nitrogens with one attached hydrogen (secondary N) is 2. The van der Waals surface area contributed by atoms with Gasteiger partial charge in [-0.2, -0.15) is 13.8 Å². The Morgan fingerprint density at radius 1 is 1.11 bits per heavy atom. The smallest absolute Gasteiger partial charge is 0.287 e. The van der Waals surface area contributed by atoms with Crippen molar-refractivity contribution in [1.29, 1.82) is 0 Å². The van der Waals surface area contributed by atoms with Crippen molar-refractivity contribution in [3.8, 4) is 0 Å². The van der Waals surface area contributed by atoms with Crippen LogP contribution < -0.4 is 10.6 Å². The molecule has 1 fully saturated rings. The second kappa shape index (κ2) is 7.56. The van der Waals surface area contributed by atoms with Gasteiger partial charge in [-0.15, -0.1) is 0 Å². The number of alkyl halides is 2. The van der Waals surface area contributed by atoms with Crippen LogP contribution in [0.5, 0.6) is 0 Å². The van der Waals surface area contributed by atoms with Crippen molar-refractivity contribution in [1.82, 2.24) is 15.0 Å². The summed E-state index contributed by atoms with van der Waals surface area (Å²) in [6.45, 7) is 0.817. The van der Waals surface area contributed by atoms with Crippen molar-refractivity contribution in [3.63, 3.8) is 0 Å². The molecule has 2 aromatic heterocycles. The quantitative estimate of drug-likeness (QED) is 0.573. The standard InChI is InChI=1S/C19H21F2N5OS/c1-19(20,21)15-10-16(26-18-23-13-4-2-3-5-14(13)28-18)25-17(24-15)22-11-6-8-12(27)9-7-11/h2-5,10-12,27H,6-9H2,1H3,(H2,22,23,24,25,26). The van der Waals surface area contributed by atoms with Gasteiger partial charge in [0.2, 0.25) is 5.95 Å². The minimum absolute atomic E-state index is 0.0550. The Kier molecular flexibility index (Phi) is 5.11. The number of anilines is 3. The van der Waals surface area contributed by atoms with Gasteiger partial charge in [-0.05, 0) is 37.8 Å². The predicted molar refractivity (Wildman–Crippen MR) is 106 cm³/mol. The first kappa shape index (κ1) is 18.9. The summed E-state index contributed by atoms with van der Waals surface area (Å²) < 4.78 is 28.9. The van der Waals surface area contributed by atoms with Crippen LogP contribution in [0.1, 0.15) is 38.3 Å². The molecule has 1 aromatic carbocycles. The van der Waals surface area contributed by atoms with Crippen LogP contribution >= 0.6 is 11.3 Å². The summed E-state index contributed by atoms with van der Waals surface area (Å²) >= 11 is 1.43. The van der Waals surface area contributed by atoms with Crippen LogP contribution in [0.15, 0.2) is 30.3 Å². The summed E-state index contributed by atoms with van der Waals surface area (Å²) in [5.74, 6) is -2.67. The minimum Gasteiger partial charge on any atom is -0.393 e. The summed E-state index contributed by atoms with van der Waals surface area (Å²) in [4.78, 5) is 12.8. The molecule has 6 nitrogen and oxygen atoms in total. The first-order chi connectivity index (χ1) is 13.4. The van der Waals surface area contributed by atoms with Crippen LogP contribution in [0.3, 0.4) is 0 Å². The third-order valence-corrected chi connectivity index (χ3v) is 5.69. The number of aromatic nitrogens is 3. The maximum absolute atomic E-state index is 14.0. The fourth-order valence-electron chi connectivity index (χ4n) is 3.24. The number of aliphatic hydroxyl groups excluding tert-OH is 1. The van der Waals surface area contributed by atoms with Crippen LogP contribution in [0.2, 0.25) is 0 Å². The predicted octanol–water partition coefficient (Wildman–Crippen LogP) is 4.66. The van der Waals surface area contributed by atoms with E-state index in [1.807, 2.05) is 24.3 Å². The SMILES string of the molecule is CC(F)(F)c1cc(Nc2nc3ccccc3s2)nc(NC2CCC(O)CC2)n1. The largest absolute Gasteiger partial charge is 0.393 e. The van der Waals surface area contributed by atoms with E-state index in [0.29, 0.717) is 18.0 Å². The van der Waals surface area contributed by atoms with Crippen LogP contribution in [-0.2, 0) is 5.92 Å². The number of aliphatic hydroxyl groups is 1. The summed E-state index contributed by atoms with van der Waals surface area (Å²) in [6.07, 6.45) is 2.56. The van der Waals surface area contributed by atoms with Crippen LogP contribution in [0.25, 0.3) is 10.2 Å². The molecule has 1 aliphatic rings. The molecular formula is C19H21F2N5OS. The Labute approximate surface area is 165 Å². The molecule has 0 saturated heterocycles. The van der Waals surface area contributed by atoms with Gasteiger partial charge in [0.15, 0.2) is 5.13 Å². The summed E-state index contributed by atoms with van der Waals surface area (Å²) in [5.41, 5.74) is 0.480. The number of benzene rings is 1. The third-order valence-electron chi connectivity index (χ3n) is 4.73. The molecule has 2 heterocycles. The third kappa shape index (κ3) is 4.36. The van der Waals surface area contributed by atoms with Crippen molar-refractivity contribution >= 4 is 38.5 Å². The normalized spacial score (nSPS) is 20.3. The summed E-state index contributed by atoms with van der Waals surface area (Å²) in [6, 6.07) is 8.98. The topological polar surface area (TPSA) is 83.0 Å². The zero-order chi connectivity index (χ0) is 19.7. The highest BCUT2D eigenvalue weighted by molar-refractivity contribution is 7.22. The number of nitrogens with zero attached hydrogens (tertiary/aromatic N) is 3. The van der Waals surface area contributed by atoms with Gasteiger partial charge in [-0.3, -0.25) is 0 Å². The molecule has 4 rings (SSSR count). The monoisotopic (exact) mass is 405 g/mol. The molecule has 0 atom stereocenters. The molecule has 28 heavy (non-hydrogen) atoms. The van der Waals surface area contributed by atoms with E-state index in [1.54, 1.807) is 0 Å². The maximum Gasteiger partial charge on any atom is 0.287 e. The molecular weight excluding hydrogens is 384 g/mol. The van der Waals surface area contributed by atoms with E-state index in [9.17, 15) is 13.9 Å². The maximum atomic E-state index is 14.0. The van der Waals surface area contributed by atoms with Crippen molar-refractivity contribution < 1.29 is 13.9 Å². The number of para-hydroxylation sites is 1. The van der Waals surface area contributed by atoms with Gasteiger partial charge in [-0.25, -0.2) is 9.97 Å². The van der Waals surface area contributed by atoms with E-state index < -0.39 is 5.92 Å². The summed E-state index contributed by atoms with van der Waals surface area (Å²) in [5, 5.41) is 16.4. The van der Waals surface area contributed by atoms with E-state index in [1.165, 1.54) is 17.4 Å². The molecule has 1 saturated carbocycles. The van der Waals surface area contributed by atoms with Gasteiger partial charge in [0.25, 0.3) is 5.92 Å². The van der Waals surface area contributed by atoms with E-state index in [4.69, 9.17) is 0 Å². The van der Waals surface area contributed by atoms with Crippen molar-refractivity contribution in [3.05, 3.63) is 36.0 Å². The summed E-state index contributed by atoms with van der Waals surface area (Å²) in [7, 11) is 0. The Bertz CT molecular complexity index is 933. The first-order valence-electron chi connectivity index (χ1n) is 9.21. The fourth-order valence-corrected chi connectivity index (χ4v) is 4.11. The van der Waals surface area contributed by atoms with Crippen LogP contribution in [0.4, 0.5) is 25.7 Å². The van der Waals surface area contributed by atoms with Crippen molar-refractivity contribution in [2.45, 2.75) is 50.7 Å². The zero-order valence-electron chi connectivity index (χ0n) is 15.3. The average Bonchev–Trinajstić information content (AvgIpc) is 3.05. The molecule has 9 heteroatoms. The molecule has 0 aliphatic heterocycles. The Hall–Kier alpha value is -2.39.